The normalized spacial score (nSPS) is 32.0. The lowest BCUT2D eigenvalue weighted by Crippen LogP contribution is -2.75. The molecule has 0 spiro atoms. The Bertz CT molecular complexity index is 837. The van der Waals surface area contributed by atoms with Crippen molar-refractivity contribution in [3.63, 3.8) is 0 Å². The average molecular weight is 414 g/mol. The second-order valence-electron chi connectivity index (χ2n) is 8.91. The van der Waals surface area contributed by atoms with Crippen molar-refractivity contribution in [2.45, 2.75) is 65.0 Å². The molecule has 0 saturated carbocycles. The zero-order chi connectivity index (χ0) is 21.4. The van der Waals surface area contributed by atoms with Crippen molar-refractivity contribution in [3.05, 3.63) is 29.3 Å². The van der Waals surface area contributed by atoms with Crippen LogP contribution >= 0.6 is 0 Å². The van der Waals surface area contributed by atoms with E-state index >= 15 is 0 Å². The molecule has 3 saturated heterocycles. The molecule has 3 amide bonds. The van der Waals surface area contributed by atoms with Crippen molar-refractivity contribution >= 4 is 23.4 Å². The number of likely N-dealkylation sites (tertiary alicyclic amines) is 1. The van der Waals surface area contributed by atoms with Crippen LogP contribution in [0.5, 0.6) is 0 Å². The van der Waals surface area contributed by atoms with Crippen LogP contribution in [0.15, 0.2) is 18.2 Å². The number of rotatable bonds is 3. The molecule has 162 valence electrons. The van der Waals surface area contributed by atoms with Crippen LogP contribution in [0, 0.1) is 25.7 Å². The minimum absolute atomic E-state index is 0.00230. The van der Waals surface area contributed by atoms with E-state index < -0.39 is 18.0 Å². The number of hydrogen-bond acceptors (Lipinski definition) is 5. The number of fused-ring (bicyclic) bond motifs is 1. The highest BCUT2D eigenvalue weighted by atomic mass is 16.2. The fraction of sp³-hybridized carbons (Fsp3) is 0.591. The molecule has 1 aromatic rings. The first-order valence-electron chi connectivity index (χ1n) is 10.8. The predicted molar refractivity (Wildman–Crippen MR) is 113 cm³/mol. The second kappa shape index (κ2) is 8.35. The highest BCUT2D eigenvalue weighted by Gasteiger charge is 2.49. The van der Waals surface area contributed by atoms with Gasteiger partial charge < -0.3 is 16.0 Å². The van der Waals surface area contributed by atoms with Gasteiger partial charge >= 0.3 is 0 Å². The quantitative estimate of drug-likeness (QED) is 0.596. The van der Waals surface area contributed by atoms with E-state index in [0.29, 0.717) is 11.7 Å². The molecule has 0 bridgehead atoms. The van der Waals surface area contributed by atoms with Crippen LogP contribution in [0.3, 0.4) is 0 Å². The Kier molecular flexibility index (Phi) is 5.79. The van der Waals surface area contributed by atoms with Gasteiger partial charge in [-0.15, -0.1) is 0 Å². The first-order chi connectivity index (χ1) is 14.3. The Morgan fingerprint density at radius 2 is 1.83 bits per heavy atom. The first kappa shape index (κ1) is 20.8. The molecule has 0 aliphatic carbocycles. The Morgan fingerprint density at radius 3 is 2.53 bits per heavy atom. The fourth-order valence-electron chi connectivity index (χ4n) is 5.02. The Morgan fingerprint density at radius 1 is 1.10 bits per heavy atom. The SMILES string of the molecule is Cc1cc(C)cc(NC(=O)C2CC(=O)NC3NC(N4CCCCC4C)NC(=O)C32)c1. The molecular weight excluding hydrogens is 382 g/mol. The van der Waals surface area contributed by atoms with Crippen molar-refractivity contribution in [2.24, 2.45) is 11.8 Å². The van der Waals surface area contributed by atoms with Gasteiger partial charge in [0, 0.05) is 24.7 Å². The van der Waals surface area contributed by atoms with Gasteiger partial charge in [-0.05, 0) is 56.9 Å². The molecule has 30 heavy (non-hydrogen) atoms. The zero-order valence-corrected chi connectivity index (χ0v) is 17.8. The second-order valence-corrected chi connectivity index (χ2v) is 8.91. The minimum Gasteiger partial charge on any atom is -0.340 e. The summed E-state index contributed by atoms with van der Waals surface area (Å²) in [5.41, 5.74) is 2.77. The monoisotopic (exact) mass is 413 g/mol. The first-order valence-corrected chi connectivity index (χ1v) is 10.8. The van der Waals surface area contributed by atoms with Crippen molar-refractivity contribution in [3.8, 4) is 0 Å². The van der Waals surface area contributed by atoms with Gasteiger partial charge in [0.15, 0.2) is 0 Å². The van der Waals surface area contributed by atoms with E-state index in [-0.39, 0.29) is 30.4 Å². The number of hydrogen-bond donors (Lipinski definition) is 4. The van der Waals surface area contributed by atoms with E-state index in [1.807, 2.05) is 32.0 Å². The molecule has 8 heteroatoms. The zero-order valence-electron chi connectivity index (χ0n) is 17.8. The summed E-state index contributed by atoms with van der Waals surface area (Å²) >= 11 is 0. The standard InChI is InChI=1S/C22H31N5O3/c1-12-8-13(2)10-15(9-12)23-20(29)16-11-17(28)24-19-18(16)21(30)26-22(25-19)27-7-5-4-6-14(27)3/h8-10,14,16,18-19,22,25H,4-7,11H2,1-3H3,(H,23,29)(H,24,28)(H,26,30). The van der Waals surface area contributed by atoms with Crippen LogP contribution in [0.25, 0.3) is 0 Å². The minimum atomic E-state index is -0.725. The van der Waals surface area contributed by atoms with E-state index in [4.69, 9.17) is 0 Å². The van der Waals surface area contributed by atoms with Crippen molar-refractivity contribution < 1.29 is 14.4 Å². The van der Waals surface area contributed by atoms with Crippen LogP contribution < -0.4 is 21.3 Å². The lowest BCUT2D eigenvalue weighted by molar-refractivity contribution is -0.148. The largest absolute Gasteiger partial charge is 0.340 e. The van der Waals surface area contributed by atoms with Crippen LogP contribution in [0.4, 0.5) is 5.69 Å². The maximum absolute atomic E-state index is 13.1. The van der Waals surface area contributed by atoms with Crippen LogP contribution in [0.1, 0.15) is 43.7 Å². The van der Waals surface area contributed by atoms with E-state index in [0.717, 1.165) is 30.5 Å². The third-order valence-corrected chi connectivity index (χ3v) is 6.45. The molecule has 4 rings (SSSR count). The summed E-state index contributed by atoms with van der Waals surface area (Å²) in [4.78, 5) is 40.7. The number of anilines is 1. The molecule has 5 unspecified atom stereocenters. The fourth-order valence-corrected chi connectivity index (χ4v) is 5.02. The number of carbonyl (C=O) groups is 3. The maximum Gasteiger partial charge on any atom is 0.229 e. The van der Waals surface area contributed by atoms with Crippen LogP contribution in [0.2, 0.25) is 0 Å². The molecule has 3 aliphatic heterocycles. The van der Waals surface area contributed by atoms with Gasteiger partial charge in [-0.3, -0.25) is 24.6 Å². The molecular formula is C22H31N5O3. The van der Waals surface area contributed by atoms with Crippen molar-refractivity contribution in [1.29, 1.82) is 0 Å². The number of nitrogens with one attached hydrogen (secondary N) is 4. The summed E-state index contributed by atoms with van der Waals surface area (Å²) in [6.45, 7) is 6.97. The third-order valence-electron chi connectivity index (χ3n) is 6.45. The average Bonchev–Trinajstić information content (AvgIpc) is 2.66. The van der Waals surface area contributed by atoms with Gasteiger partial charge in [0.25, 0.3) is 0 Å². The summed E-state index contributed by atoms with van der Waals surface area (Å²) in [5, 5.41) is 12.2. The molecule has 3 heterocycles. The van der Waals surface area contributed by atoms with Crippen LogP contribution in [-0.4, -0.2) is 47.7 Å². The summed E-state index contributed by atoms with van der Waals surface area (Å²) in [5.74, 6) is -2.08. The number of amides is 3. The molecule has 1 aromatic carbocycles. The number of piperidine rings is 2. The molecule has 3 aliphatic rings. The number of aryl methyl sites for hydroxylation is 2. The number of carbonyl (C=O) groups excluding carboxylic acids is 3. The lowest BCUT2D eigenvalue weighted by atomic mass is 9.81. The predicted octanol–water partition coefficient (Wildman–Crippen LogP) is 1.20. The summed E-state index contributed by atoms with van der Waals surface area (Å²) in [7, 11) is 0. The lowest BCUT2D eigenvalue weighted by Gasteiger charge is -2.48. The molecule has 5 atom stereocenters. The van der Waals surface area contributed by atoms with E-state index in [1.54, 1.807) is 0 Å². The Hall–Kier alpha value is -2.45. The summed E-state index contributed by atoms with van der Waals surface area (Å²) in [6.07, 6.45) is 2.44. The van der Waals surface area contributed by atoms with Gasteiger partial charge in [-0.2, -0.15) is 0 Å². The van der Waals surface area contributed by atoms with Crippen molar-refractivity contribution in [1.82, 2.24) is 20.9 Å². The highest BCUT2D eigenvalue weighted by Crippen LogP contribution is 2.29. The Balaban J connectivity index is 1.51. The van der Waals surface area contributed by atoms with Gasteiger partial charge in [0.2, 0.25) is 17.7 Å². The third kappa shape index (κ3) is 4.20. The van der Waals surface area contributed by atoms with E-state index in [2.05, 4.69) is 33.1 Å². The maximum atomic E-state index is 13.1. The molecule has 4 N–H and O–H groups in total. The smallest absolute Gasteiger partial charge is 0.229 e. The van der Waals surface area contributed by atoms with Gasteiger partial charge in [0.1, 0.15) is 6.29 Å². The summed E-state index contributed by atoms with van der Waals surface area (Å²) < 4.78 is 0. The number of benzene rings is 1. The molecule has 0 aromatic heterocycles. The van der Waals surface area contributed by atoms with E-state index in [1.165, 1.54) is 6.42 Å². The van der Waals surface area contributed by atoms with Crippen LogP contribution in [-0.2, 0) is 14.4 Å². The molecule has 3 fully saturated rings. The van der Waals surface area contributed by atoms with Gasteiger partial charge in [-0.25, -0.2) is 0 Å². The van der Waals surface area contributed by atoms with E-state index in [9.17, 15) is 14.4 Å². The van der Waals surface area contributed by atoms with Gasteiger partial charge in [0.05, 0.1) is 18.0 Å². The highest BCUT2D eigenvalue weighted by molar-refractivity contribution is 6.00. The Labute approximate surface area is 177 Å². The van der Waals surface area contributed by atoms with Gasteiger partial charge in [-0.1, -0.05) is 12.5 Å². The molecule has 0 radical (unpaired) electrons. The molecule has 8 nitrogen and oxygen atoms in total. The topological polar surface area (TPSA) is 103 Å². The number of nitrogens with zero attached hydrogens (tertiary/aromatic N) is 1. The van der Waals surface area contributed by atoms with Crippen molar-refractivity contribution in [2.75, 3.05) is 11.9 Å². The summed E-state index contributed by atoms with van der Waals surface area (Å²) in [6, 6.07) is 6.15.